The maximum absolute atomic E-state index is 13.6. The number of Topliss-reactive ketones (excluding diaryl/α,β-unsaturated/α-hetero) is 1. The number of piperazine rings is 1. The molecule has 33 heavy (non-hydrogen) atoms. The molecule has 5 rings (SSSR count). The first-order chi connectivity index (χ1) is 16.0. The lowest BCUT2D eigenvalue weighted by Gasteiger charge is -2.33. The van der Waals surface area contributed by atoms with Crippen LogP contribution in [0.25, 0.3) is 22.0 Å². The fourth-order valence-corrected chi connectivity index (χ4v) is 3.94. The molecule has 0 radical (unpaired) electrons. The zero-order valence-corrected chi connectivity index (χ0v) is 18.3. The minimum atomic E-state index is -0.394. The van der Waals surface area contributed by atoms with Crippen LogP contribution in [0.3, 0.4) is 0 Å². The largest absolute Gasteiger partial charge is 0.354 e. The van der Waals surface area contributed by atoms with Crippen LogP contribution in [-0.4, -0.2) is 63.8 Å². The van der Waals surface area contributed by atoms with Gasteiger partial charge in [-0.05, 0) is 36.9 Å². The summed E-state index contributed by atoms with van der Waals surface area (Å²) in [6, 6.07) is 10.6. The lowest BCUT2D eigenvalue weighted by atomic mass is 10.1. The van der Waals surface area contributed by atoms with Crippen molar-refractivity contribution in [1.29, 1.82) is 0 Å². The molecule has 7 nitrogen and oxygen atoms in total. The van der Waals surface area contributed by atoms with Crippen LogP contribution < -0.4 is 4.90 Å². The Labute approximate surface area is 191 Å². The van der Waals surface area contributed by atoms with E-state index in [1.165, 1.54) is 12.3 Å². The van der Waals surface area contributed by atoms with Gasteiger partial charge in [-0.1, -0.05) is 12.1 Å². The van der Waals surface area contributed by atoms with Gasteiger partial charge in [-0.25, -0.2) is 19.3 Å². The molecule has 1 saturated heterocycles. The van der Waals surface area contributed by atoms with Gasteiger partial charge in [0.2, 0.25) is 0 Å². The van der Waals surface area contributed by atoms with E-state index in [1.807, 2.05) is 24.3 Å². The Balaban J connectivity index is 1.36. The molecule has 0 aliphatic carbocycles. The van der Waals surface area contributed by atoms with Gasteiger partial charge >= 0.3 is 0 Å². The van der Waals surface area contributed by atoms with Crippen molar-refractivity contribution < 1.29 is 9.18 Å². The molecule has 0 N–H and O–H groups in total. The van der Waals surface area contributed by atoms with Crippen molar-refractivity contribution in [2.24, 2.45) is 0 Å². The van der Waals surface area contributed by atoms with Crippen molar-refractivity contribution in [3.63, 3.8) is 0 Å². The zero-order chi connectivity index (χ0) is 22.8. The molecule has 1 fully saturated rings. The summed E-state index contributed by atoms with van der Waals surface area (Å²) in [4.78, 5) is 34.8. The van der Waals surface area contributed by atoms with Crippen LogP contribution in [0, 0.1) is 5.82 Å². The minimum absolute atomic E-state index is 0.0578. The number of carbonyl (C=O) groups is 1. The number of rotatable bonds is 5. The average Bonchev–Trinajstić information content (AvgIpc) is 2.84. The number of likely N-dealkylation sites (N-methyl/N-ethyl adjacent to an activating group) is 1. The van der Waals surface area contributed by atoms with Gasteiger partial charge < -0.3 is 9.80 Å². The summed E-state index contributed by atoms with van der Waals surface area (Å²) in [5, 5.41) is 0.848. The van der Waals surface area contributed by atoms with Gasteiger partial charge in [0, 0.05) is 61.3 Å². The highest BCUT2D eigenvalue weighted by Gasteiger charge is 2.17. The monoisotopic (exact) mass is 442 g/mol. The Hall–Kier alpha value is -3.78. The molecule has 4 heterocycles. The first-order valence-electron chi connectivity index (χ1n) is 10.8. The highest BCUT2D eigenvalue weighted by Crippen LogP contribution is 2.23. The summed E-state index contributed by atoms with van der Waals surface area (Å²) in [5.74, 6) is 0.814. The maximum atomic E-state index is 13.6. The van der Waals surface area contributed by atoms with Crippen molar-refractivity contribution >= 4 is 22.5 Å². The number of aromatic nitrogens is 4. The number of fused-ring (bicyclic) bond motifs is 1. The maximum Gasteiger partial charge on any atom is 0.170 e. The van der Waals surface area contributed by atoms with E-state index in [0.717, 1.165) is 42.9 Å². The van der Waals surface area contributed by atoms with Crippen LogP contribution in [0.2, 0.25) is 0 Å². The molecular weight excluding hydrogens is 419 g/mol. The number of pyridine rings is 2. The molecule has 0 unspecified atom stereocenters. The standard InChI is InChI=1S/C25H23FN6O/c1-31-6-8-32(9-7-31)25-12-18(4-5-28-25)23(33)13-24-29-15-19-3-2-17(11-22(19)30-24)20-10-21(26)16-27-14-20/h2-5,10-12,14-16H,6-9,13H2,1H3. The molecule has 0 amide bonds. The first-order valence-corrected chi connectivity index (χ1v) is 10.8. The van der Waals surface area contributed by atoms with E-state index in [-0.39, 0.29) is 12.2 Å². The van der Waals surface area contributed by atoms with E-state index < -0.39 is 5.82 Å². The van der Waals surface area contributed by atoms with Crippen molar-refractivity contribution in [3.8, 4) is 11.1 Å². The Morgan fingerprint density at radius 3 is 2.64 bits per heavy atom. The second-order valence-electron chi connectivity index (χ2n) is 8.24. The predicted octanol–water partition coefficient (Wildman–Crippen LogP) is 3.40. The second-order valence-corrected chi connectivity index (χ2v) is 8.24. The summed E-state index contributed by atoms with van der Waals surface area (Å²) in [7, 11) is 2.10. The lowest BCUT2D eigenvalue weighted by Crippen LogP contribution is -2.44. The number of anilines is 1. The summed E-state index contributed by atoms with van der Waals surface area (Å²) in [6.45, 7) is 3.72. The first kappa shape index (κ1) is 21.1. The number of carbonyl (C=O) groups excluding carboxylic acids is 1. The van der Waals surface area contributed by atoms with Crippen LogP contribution in [0.4, 0.5) is 10.2 Å². The molecule has 0 saturated carbocycles. The minimum Gasteiger partial charge on any atom is -0.354 e. The van der Waals surface area contributed by atoms with Crippen molar-refractivity contribution in [3.05, 3.63) is 78.4 Å². The summed E-state index contributed by atoms with van der Waals surface area (Å²) < 4.78 is 13.6. The summed E-state index contributed by atoms with van der Waals surface area (Å²) in [5.41, 5.74) is 2.77. The van der Waals surface area contributed by atoms with Crippen molar-refractivity contribution in [2.75, 3.05) is 38.1 Å². The van der Waals surface area contributed by atoms with Crippen LogP contribution in [0.1, 0.15) is 16.2 Å². The van der Waals surface area contributed by atoms with E-state index in [0.29, 0.717) is 22.5 Å². The average molecular weight is 442 g/mol. The number of ketones is 1. The van der Waals surface area contributed by atoms with Crippen molar-refractivity contribution in [1.82, 2.24) is 24.8 Å². The Morgan fingerprint density at radius 2 is 1.82 bits per heavy atom. The van der Waals surface area contributed by atoms with Gasteiger partial charge in [-0.2, -0.15) is 0 Å². The number of halogens is 1. The number of hydrogen-bond donors (Lipinski definition) is 0. The molecule has 3 aromatic heterocycles. The molecule has 1 aromatic carbocycles. The van der Waals surface area contributed by atoms with E-state index in [9.17, 15) is 9.18 Å². The fraction of sp³-hybridized carbons (Fsp3) is 0.240. The Morgan fingerprint density at radius 1 is 0.970 bits per heavy atom. The molecule has 0 bridgehead atoms. The third-order valence-electron chi connectivity index (χ3n) is 5.88. The second kappa shape index (κ2) is 8.99. The molecule has 4 aromatic rings. The van der Waals surface area contributed by atoms with Gasteiger partial charge in [0.1, 0.15) is 17.5 Å². The van der Waals surface area contributed by atoms with Crippen LogP contribution in [0.15, 0.2) is 61.2 Å². The molecule has 0 spiro atoms. The van der Waals surface area contributed by atoms with Gasteiger partial charge in [-0.15, -0.1) is 0 Å². The number of nitrogens with zero attached hydrogens (tertiary/aromatic N) is 6. The molecule has 1 aliphatic heterocycles. The van der Waals surface area contributed by atoms with E-state index >= 15 is 0 Å². The normalized spacial score (nSPS) is 14.5. The Bertz CT molecular complexity index is 1320. The predicted molar refractivity (Wildman–Crippen MR) is 125 cm³/mol. The topological polar surface area (TPSA) is 75.1 Å². The van der Waals surface area contributed by atoms with Crippen LogP contribution in [-0.2, 0) is 6.42 Å². The number of benzene rings is 1. The summed E-state index contributed by atoms with van der Waals surface area (Å²) in [6.07, 6.45) is 6.26. The van der Waals surface area contributed by atoms with Crippen LogP contribution in [0.5, 0.6) is 0 Å². The third-order valence-corrected chi connectivity index (χ3v) is 5.88. The van der Waals surface area contributed by atoms with Crippen LogP contribution >= 0.6 is 0 Å². The Kier molecular flexibility index (Phi) is 5.75. The quantitative estimate of drug-likeness (QED) is 0.439. The molecule has 8 heteroatoms. The highest BCUT2D eigenvalue weighted by atomic mass is 19.1. The smallest absolute Gasteiger partial charge is 0.170 e. The highest BCUT2D eigenvalue weighted by molar-refractivity contribution is 5.98. The van der Waals surface area contributed by atoms with E-state index in [2.05, 4.69) is 36.8 Å². The van der Waals surface area contributed by atoms with Gasteiger partial charge in [0.15, 0.2) is 5.78 Å². The molecule has 166 valence electrons. The van der Waals surface area contributed by atoms with E-state index in [1.54, 1.807) is 24.7 Å². The summed E-state index contributed by atoms with van der Waals surface area (Å²) >= 11 is 0. The molecule has 1 aliphatic rings. The molecule has 0 atom stereocenters. The van der Waals surface area contributed by atoms with Gasteiger partial charge in [0.05, 0.1) is 18.1 Å². The fourth-order valence-electron chi connectivity index (χ4n) is 3.94. The van der Waals surface area contributed by atoms with Gasteiger partial charge in [-0.3, -0.25) is 9.78 Å². The number of hydrogen-bond acceptors (Lipinski definition) is 7. The lowest BCUT2D eigenvalue weighted by molar-refractivity contribution is 0.0991. The SMILES string of the molecule is CN1CCN(c2cc(C(=O)Cc3ncc4ccc(-c5cncc(F)c5)cc4n3)ccn2)CC1. The molecular formula is C25H23FN6O. The zero-order valence-electron chi connectivity index (χ0n) is 18.3. The van der Waals surface area contributed by atoms with E-state index in [4.69, 9.17) is 0 Å². The van der Waals surface area contributed by atoms with Crippen molar-refractivity contribution in [2.45, 2.75) is 6.42 Å². The van der Waals surface area contributed by atoms with Gasteiger partial charge in [0.25, 0.3) is 0 Å². The third kappa shape index (κ3) is 4.70.